The lowest BCUT2D eigenvalue weighted by molar-refractivity contribution is -0.893. The third kappa shape index (κ3) is 6.23. The highest BCUT2D eigenvalue weighted by Gasteiger charge is 2.58. The zero-order chi connectivity index (χ0) is 29.4. The van der Waals surface area contributed by atoms with Crippen molar-refractivity contribution >= 4 is 28.8 Å². The Bertz CT molecular complexity index is 1330. The summed E-state index contributed by atoms with van der Waals surface area (Å²) in [7, 11) is 0.595. The second-order valence-corrected chi connectivity index (χ2v) is 13.8. The molecule has 0 aromatic heterocycles. The Balaban J connectivity index is 1.49. The van der Waals surface area contributed by atoms with Crippen molar-refractivity contribution in [2.45, 2.75) is 56.7 Å². The van der Waals surface area contributed by atoms with Crippen molar-refractivity contribution in [3.05, 3.63) is 83.1 Å². The number of esters is 1. The third-order valence-electron chi connectivity index (χ3n) is 7.72. The molecule has 0 radical (unpaired) electrons. The standard InChI is InChI=1S/C31H37N3O6S/c1-31(2,3)40-30(37)32-24-27(35)33-25(23(20-41(38)28(24)33)19-34(4)17-11-12-18-34)29(36)39-26(21-13-7-5-8-14-21)22-15-9-6-10-16-22/h5-10,13-16,24,26,28H,11-12,17-20H2,1-4H3/p+1/t24?,28-,41?/m0/s1. The summed E-state index contributed by atoms with van der Waals surface area (Å²) < 4.78 is 25.8. The number of nitrogens with one attached hydrogen (secondary N) is 1. The number of nitrogens with zero attached hydrogens (tertiary/aromatic N) is 2. The number of fused-ring (bicyclic) bond motifs is 1. The fourth-order valence-electron chi connectivity index (χ4n) is 5.86. The largest absolute Gasteiger partial charge is 0.448 e. The zero-order valence-electron chi connectivity index (χ0n) is 24.0. The summed E-state index contributed by atoms with van der Waals surface area (Å²) in [5.74, 6) is -1.02. The van der Waals surface area contributed by atoms with E-state index in [0.29, 0.717) is 16.6 Å². The molecule has 3 aliphatic heterocycles. The molecule has 3 heterocycles. The Morgan fingerprint density at radius 3 is 2.12 bits per heavy atom. The fourth-order valence-corrected chi connectivity index (χ4v) is 7.54. The Labute approximate surface area is 243 Å². The van der Waals surface area contributed by atoms with Crippen LogP contribution in [-0.2, 0) is 29.9 Å². The molecule has 0 saturated carbocycles. The summed E-state index contributed by atoms with van der Waals surface area (Å²) in [6, 6.07) is 17.8. The number of alkyl carbamates (subject to hydrolysis) is 1. The molecule has 2 aromatic rings. The molecule has 9 nitrogen and oxygen atoms in total. The normalized spacial score (nSPS) is 23.6. The van der Waals surface area contributed by atoms with E-state index in [1.54, 1.807) is 20.8 Å². The number of β-lactam (4-membered cyclic amide) rings is 1. The van der Waals surface area contributed by atoms with Crippen molar-refractivity contribution in [3.63, 3.8) is 0 Å². The Morgan fingerprint density at radius 1 is 1.02 bits per heavy atom. The lowest BCUT2D eigenvalue weighted by Gasteiger charge is -2.49. The van der Waals surface area contributed by atoms with Crippen molar-refractivity contribution in [1.82, 2.24) is 10.2 Å². The maximum atomic E-state index is 14.1. The van der Waals surface area contributed by atoms with Gasteiger partial charge in [-0.3, -0.25) is 13.9 Å². The number of hydrogen-bond acceptors (Lipinski definition) is 6. The van der Waals surface area contributed by atoms with Crippen LogP contribution in [0.1, 0.15) is 50.8 Å². The molecule has 2 saturated heterocycles. The first-order valence-corrected chi connectivity index (χ1v) is 15.4. The molecule has 0 bridgehead atoms. The van der Waals surface area contributed by atoms with Gasteiger partial charge < -0.3 is 19.3 Å². The minimum absolute atomic E-state index is 0.126. The van der Waals surface area contributed by atoms with Crippen LogP contribution in [0, 0.1) is 0 Å². The molecule has 3 atom stereocenters. The minimum Gasteiger partial charge on any atom is -0.448 e. The maximum Gasteiger partial charge on any atom is 0.408 e. The third-order valence-corrected chi connectivity index (χ3v) is 9.37. The minimum atomic E-state index is -1.53. The number of carbonyl (C=O) groups is 3. The molecule has 0 spiro atoms. The second-order valence-electron chi connectivity index (χ2n) is 12.2. The van der Waals surface area contributed by atoms with Crippen LogP contribution in [0.15, 0.2) is 71.9 Å². The molecule has 218 valence electrons. The van der Waals surface area contributed by atoms with Gasteiger partial charge in [0.2, 0.25) is 0 Å². The van der Waals surface area contributed by atoms with Gasteiger partial charge in [0.25, 0.3) is 5.91 Å². The Kier molecular flexibility index (Phi) is 8.07. The first kappa shape index (κ1) is 29.0. The van der Waals surface area contributed by atoms with E-state index in [9.17, 15) is 18.6 Å². The van der Waals surface area contributed by atoms with E-state index in [0.717, 1.165) is 37.1 Å². The molecule has 2 amide bonds. The van der Waals surface area contributed by atoms with Gasteiger partial charge in [-0.2, -0.15) is 0 Å². The van der Waals surface area contributed by atoms with E-state index in [1.807, 2.05) is 60.7 Å². The predicted molar refractivity (Wildman–Crippen MR) is 155 cm³/mol. The average molecular weight is 581 g/mol. The van der Waals surface area contributed by atoms with E-state index in [-0.39, 0.29) is 11.4 Å². The quantitative estimate of drug-likeness (QED) is 0.305. The summed E-state index contributed by atoms with van der Waals surface area (Å²) >= 11 is 0. The molecular weight excluding hydrogens is 542 g/mol. The van der Waals surface area contributed by atoms with E-state index >= 15 is 0 Å². The molecule has 3 aliphatic rings. The van der Waals surface area contributed by atoms with Crippen LogP contribution in [0.2, 0.25) is 0 Å². The van der Waals surface area contributed by atoms with Crippen LogP contribution < -0.4 is 5.32 Å². The van der Waals surface area contributed by atoms with Crippen molar-refractivity contribution < 1.29 is 32.5 Å². The van der Waals surface area contributed by atoms with Crippen molar-refractivity contribution in [3.8, 4) is 0 Å². The summed E-state index contributed by atoms with van der Waals surface area (Å²) in [5.41, 5.74) is 1.62. The van der Waals surface area contributed by atoms with Crippen LogP contribution in [0.3, 0.4) is 0 Å². The van der Waals surface area contributed by atoms with Gasteiger partial charge in [-0.15, -0.1) is 0 Å². The predicted octanol–water partition coefficient (Wildman–Crippen LogP) is 3.64. The van der Waals surface area contributed by atoms with E-state index in [4.69, 9.17) is 9.47 Å². The maximum absolute atomic E-state index is 14.1. The number of benzene rings is 2. The highest BCUT2D eigenvalue weighted by atomic mass is 32.2. The van der Waals surface area contributed by atoms with Gasteiger partial charge in [0.05, 0.1) is 36.7 Å². The number of carbonyl (C=O) groups excluding carboxylic acids is 3. The van der Waals surface area contributed by atoms with E-state index < -0.39 is 51.9 Å². The second kappa shape index (κ2) is 11.4. The summed E-state index contributed by atoms with van der Waals surface area (Å²) in [5, 5.41) is 1.70. The lowest BCUT2D eigenvalue weighted by Crippen LogP contribution is -2.74. The monoisotopic (exact) mass is 580 g/mol. The zero-order valence-corrected chi connectivity index (χ0v) is 24.8. The van der Waals surface area contributed by atoms with Gasteiger partial charge >= 0.3 is 12.1 Å². The van der Waals surface area contributed by atoms with Crippen LogP contribution in [-0.4, -0.2) is 81.0 Å². The number of quaternary nitrogens is 1. The molecule has 2 aromatic carbocycles. The average Bonchev–Trinajstić information content (AvgIpc) is 3.35. The van der Waals surface area contributed by atoms with Crippen LogP contribution in [0.5, 0.6) is 0 Å². The smallest absolute Gasteiger partial charge is 0.408 e. The van der Waals surface area contributed by atoms with Gasteiger partial charge in [0.15, 0.2) is 6.10 Å². The van der Waals surface area contributed by atoms with Gasteiger partial charge in [0.1, 0.15) is 29.3 Å². The van der Waals surface area contributed by atoms with Gasteiger partial charge in [-0.05, 0) is 31.9 Å². The molecule has 2 fully saturated rings. The summed E-state index contributed by atoms with van der Waals surface area (Å²) in [4.78, 5) is 41.4. The number of likely N-dealkylation sites (tertiary alicyclic amines) is 1. The molecule has 1 N–H and O–H groups in total. The SMILES string of the molecule is CC(C)(C)OC(=O)NC1C(=O)N2C(C(=O)OC(c3ccccc3)c3ccccc3)=C(C[N+]3(C)CCCC3)CS(=O)[C@@H]12. The Morgan fingerprint density at radius 2 is 1.59 bits per heavy atom. The number of ether oxygens (including phenoxy) is 2. The first-order chi connectivity index (χ1) is 19.5. The van der Waals surface area contributed by atoms with Crippen molar-refractivity contribution in [2.75, 3.05) is 32.4 Å². The lowest BCUT2D eigenvalue weighted by atomic mass is 10.0. The first-order valence-electron chi connectivity index (χ1n) is 14.0. The van der Waals surface area contributed by atoms with Gasteiger partial charge in [0, 0.05) is 18.4 Å². The van der Waals surface area contributed by atoms with Gasteiger partial charge in [-0.1, -0.05) is 60.7 Å². The van der Waals surface area contributed by atoms with E-state index in [1.165, 1.54) is 4.90 Å². The summed E-state index contributed by atoms with van der Waals surface area (Å²) in [6.07, 6.45) is 0.677. The number of likely N-dealkylation sites (N-methyl/N-ethyl adjacent to an activating group) is 1. The molecule has 41 heavy (non-hydrogen) atoms. The molecule has 0 aliphatic carbocycles. The molecule has 5 rings (SSSR count). The van der Waals surface area contributed by atoms with Crippen LogP contribution in [0.4, 0.5) is 4.79 Å². The Hall–Kier alpha value is -3.50. The number of amides is 2. The molecule has 2 unspecified atom stereocenters. The van der Waals surface area contributed by atoms with Crippen LogP contribution in [0.25, 0.3) is 0 Å². The van der Waals surface area contributed by atoms with E-state index in [2.05, 4.69) is 12.4 Å². The van der Waals surface area contributed by atoms with Crippen molar-refractivity contribution in [2.24, 2.45) is 0 Å². The topological polar surface area (TPSA) is 102 Å². The number of hydrogen-bond donors (Lipinski definition) is 1. The fraction of sp³-hybridized carbons (Fsp3) is 0.452. The highest BCUT2D eigenvalue weighted by Crippen LogP contribution is 2.38. The number of rotatable bonds is 7. The van der Waals surface area contributed by atoms with Crippen LogP contribution >= 0.6 is 0 Å². The van der Waals surface area contributed by atoms with Crippen molar-refractivity contribution in [1.29, 1.82) is 0 Å². The van der Waals surface area contributed by atoms with Gasteiger partial charge in [-0.25, -0.2) is 9.59 Å². The summed E-state index contributed by atoms with van der Waals surface area (Å²) in [6.45, 7) is 7.55. The molecule has 10 heteroatoms. The highest BCUT2D eigenvalue weighted by molar-refractivity contribution is 7.86. The molecular formula is C31H38N3O6S+.